The van der Waals surface area contributed by atoms with Crippen LogP contribution in [0, 0.1) is 11.3 Å². The molecule has 2 aliphatic heterocycles. The van der Waals surface area contributed by atoms with Crippen LogP contribution in [0.4, 0.5) is 17.2 Å². The molecule has 2 aromatic heterocycles. The van der Waals surface area contributed by atoms with E-state index in [-0.39, 0.29) is 10.5 Å². The molecule has 6 rings (SSSR count). The molecule has 4 aromatic rings. The lowest BCUT2D eigenvalue weighted by Crippen LogP contribution is -2.49. The molecule has 0 radical (unpaired) electrons. The first-order chi connectivity index (χ1) is 16.5. The predicted octanol–water partition coefficient (Wildman–Crippen LogP) is 3.22. The van der Waals surface area contributed by atoms with Gasteiger partial charge in [0.1, 0.15) is 16.8 Å². The molecule has 8 nitrogen and oxygen atoms in total. The molecule has 170 valence electrons. The lowest BCUT2D eigenvalue weighted by molar-refractivity contribution is 0.495. The number of nitrogens with zero attached hydrogens (tertiary/aromatic N) is 4. The molecule has 1 saturated heterocycles. The Kier molecular flexibility index (Phi) is 4.79. The first-order valence-corrected chi connectivity index (χ1v) is 12.6. The summed E-state index contributed by atoms with van der Waals surface area (Å²) in [6.07, 6.45) is 4.15. The maximum Gasteiger partial charge on any atom is 0.269 e. The topological polar surface area (TPSA) is 103 Å². The van der Waals surface area contributed by atoms with Crippen LogP contribution < -0.4 is 15.5 Å². The first kappa shape index (κ1) is 20.7. The van der Waals surface area contributed by atoms with Crippen molar-refractivity contribution in [1.82, 2.24) is 14.3 Å². The van der Waals surface area contributed by atoms with Gasteiger partial charge in [-0.1, -0.05) is 12.1 Å². The van der Waals surface area contributed by atoms with E-state index in [1.807, 2.05) is 12.1 Å². The normalized spacial score (nSPS) is 17.3. The Morgan fingerprint density at radius 3 is 2.91 bits per heavy atom. The van der Waals surface area contributed by atoms with Crippen LogP contribution >= 0.6 is 0 Å². The number of anilines is 3. The number of benzene rings is 2. The van der Waals surface area contributed by atoms with Crippen LogP contribution in [0.1, 0.15) is 11.1 Å². The molecule has 0 saturated carbocycles. The average Bonchev–Trinajstić information content (AvgIpc) is 3.45. The summed E-state index contributed by atoms with van der Waals surface area (Å²) in [6.45, 7) is 3.01. The Hall–Kier alpha value is -3.87. The summed E-state index contributed by atoms with van der Waals surface area (Å²) in [5.41, 5.74) is 4.11. The van der Waals surface area contributed by atoms with Crippen molar-refractivity contribution in [3.05, 3.63) is 78.1 Å². The van der Waals surface area contributed by atoms with Crippen LogP contribution in [-0.2, 0) is 16.4 Å². The van der Waals surface area contributed by atoms with Gasteiger partial charge in [-0.2, -0.15) is 5.26 Å². The van der Waals surface area contributed by atoms with Gasteiger partial charge in [-0.25, -0.2) is 17.4 Å². The summed E-state index contributed by atoms with van der Waals surface area (Å²) in [7, 11) is -3.95. The fourth-order valence-corrected chi connectivity index (χ4v) is 6.43. The molecule has 0 aliphatic carbocycles. The third kappa shape index (κ3) is 3.31. The lowest BCUT2D eigenvalue weighted by atomic mass is 10.1. The van der Waals surface area contributed by atoms with Crippen molar-refractivity contribution in [2.24, 2.45) is 0 Å². The fraction of sp³-hybridized carbons (Fsp3) is 0.200. The largest absolute Gasteiger partial charge is 0.365 e. The van der Waals surface area contributed by atoms with Gasteiger partial charge in [0.2, 0.25) is 0 Å². The number of nitrogens with one attached hydrogen (secondary N) is 2. The summed E-state index contributed by atoms with van der Waals surface area (Å²) in [6, 6.07) is 18.5. The minimum absolute atomic E-state index is 0.0223. The summed E-state index contributed by atoms with van der Waals surface area (Å²) >= 11 is 0. The summed E-state index contributed by atoms with van der Waals surface area (Å²) < 4.78 is 27.9. The first-order valence-electron chi connectivity index (χ1n) is 11.1. The van der Waals surface area contributed by atoms with E-state index in [1.54, 1.807) is 30.5 Å². The van der Waals surface area contributed by atoms with Crippen molar-refractivity contribution in [1.29, 1.82) is 5.26 Å². The van der Waals surface area contributed by atoms with Gasteiger partial charge in [-0.05, 0) is 48.4 Å². The van der Waals surface area contributed by atoms with Crippen LogP contribution in [0.5, 0.6) is 0 Å². The highest BCUT2D eigenvalue weighted by atomic mass is 32.2. The van der Waals surface area contributed by atoms with Crippen LogP contribution in [0.15, 0.2) is 71.9 Å². The van der Waals surface area contributed by atoms with E-state index in [4.69, 9.17) is 0 Å². The lowest BCUT2D eigenvalue weighted by Gasteiger charge is -2.32. The molecule has 0 spiro atoms. The van der Waals surface area contributed by atoms with E-state index in [0.717, 1.165) is 31.7 Å². The third-order valence-electron chi connectivity index (χ3n) is 6.55. The summed E-state index contributed by atoms with van der Waals surface area (Å²) in [5.74, 6) is 0.550. The molecular formula is C25H22N6O2S. The quantitative estimate of drug-likeness (QED) is 0.472. The second kappa shape index (κ2) is 7.87. The van der Waals surface area contributed by atoms with Crippen molar-refractivity contribution in [2.75, 3.05) is 29.9 Å². The van der Waals surface area contributed by atoms with Gasteiger partial charge in [0.25, 0.3) is 10.0 Å². The van der Waals surface area contributed by atoms with E-state index in [0.29, 0.717) is 22.8 Å². The molecule has 9 heteroatoms. The Balaban J connectivity index is 1.34. The molecule has 4 heterocycles. The highest BCUT2D eigenvalue weighted by Crippen LogP contribution is 2.35. The van der Waals surface area contributed by atoms with Crippen molar-refractivity contribution >= 4 is 38.1 Å². The maximum absolute atomic E-state index is 13.4. The van der Waals surface area contributed by atoms with Gasteiger partial charge < -0.3 is 15.5 Å². The van der Waals surface area contributed by atoms with Crippen molar-refractivity contribution in [2.45, 2.75) is 17.4 Å². The van der Waals surface area contributed by atoms with Crippen molar-refractivity contribution in [3.63, 3.8) is 0 Å². The van der Waals surface area contributed by atoms with Crippen LogP contribution in [0.25, 0.3) is 10.9 Å². The van der Waals surface area contributed by atoms with Crippen LogP contribution in [0.3, 0.4) is 0 Å². The minimum Gasteiger partial charge on any atom is -0.365 e. The van der Waals surface area contributed by atoms with E-state index in [1.165, 1.54) is 33.6 Å². The minimum atomic E-state index is -3.95. The number of rotatable bonds is 4. The number of hydrogen-bond acceptors (Lipinski definition) is 7. The molecule has 2 aromatic carbocycles. The SMILES string of the molecule is N#Cc1ccccc1S(=O)(=O)n1ccc2cnc(Nc3ccc4c(c3)CC3CNCCN43)cc21. The highest BCUT2D eigenvalue weighted by Gasteiger charge is 2.31. The Morgan fingerprint density at radius 2 is 2.03 bits per heavy atom. The zero-order valence-corrected chi connectivity index (χ0v) is 19.1. The van der Waals surface area contributed by atoms with Gasteiger partial charge >= 0.3 is 0 Å². The summed E-state index contributed by atoms with van der Waals surface area (Å²) in [5, 5.41) is 16.9. The standard InChI is InChI=1S/C25H22N6O2S/c26-14-17-3-1-2-4-24(17)34(32,33)31-9-7-18-15-28-25(13-23(18)31)29-20-5-6-22-19(11-20)12-21-16-27-8-10-30(21)22/h1-7,9,11,13,15,21,27H,8,10,12,16H2,(H,28,29). The number of hydrogen-bond donors (Lipinski definition) is 2. The molecule has 2 N–H and O–H groups in total. The van der Waals surface area contributed by atoms with Crippen molar-refractivity contribution in [3.8, 4) is 6.07 Å². The number of pyridine rings is 1. The van der Waals surface area contributed by atoms with E-state index >= 15 is 0 Å². The number of nitriles is 1. The highest BCUT2D eigenvalue weighted by molar-refractivity contribution is 7.90. The van der Waals surface area contributed by atoms with Crippen LogP contribution in [-0.4, -0.2) is 43.1 Å². The molecular weight excluding hydrogens is 448 g/mol. The molecule has 1 unspecified atom stereocenters. The maximum atomic E-state index is 13.4. The fourth-order valence-electron chi connectivity index (χ4n) is 4.94. The second-order valence-electron chi connectivity index (χ2n) is 8.58. The zero-order valence-electron chi connectivity index (χ0n) is 18.3. The number of aromatic nitrogens is 2. The van der Waals surface area contributed by atoms with Gasteiger partial charge in [0.05, 0.1) is 11.1 Å². The van der Waals surface area contributed by atoms with Gasteiger partial charge in [-0.3, -0.25) is 0 Å². The number of piperazine rings is 1. The second-order valence-corrected chi connectivity index (χ2v) is 10.4. The predicted molar refractivity (Wildman–Crippen MR) is 131 cm³/mol. The molecule has 1 atom stereocenters. The molecule has 2 aliphatic rings. The summed E-state index contributed by atoms with van der Waals surface area (Å²) in [4.78, 5) is 6.92. The Labute approximate surface area is 197 Å². The Bertz CT molecular complexity index is 1570. The average molecular weight is 471 g/mol. The molecule has 0 bridgehead atoms. The smallest absolute Gasteiger partial charge is 0.269 e. The van der Waals surface area contributed by atoms with Crippen molar-refractivity contribution < 1.29 is 8.42 Å². The zero-order chi connectivity index (χ0) is 23.3. The third-order valence-corrected chi connectivity index (χ3v) is 8.30. The Morgan fingerprint density at radius 1 is 1.15 bits per heavy atom. The molecule has 1 fully saturated rings. The van der Waals surface area contributed by atoms with Gasteiger partial charge in [0.15, 0.2) is 0 Å². The van der Waals surface area contributed by atoms with Crippen LogP contribution in [0.2, 0.25) is 0 Å². The van der Waals surface area contributed by atoms with E-state index in [9.17, 15) is 13.7 Å². The van der Waals surface area contributed by atoms with E-state index in [2.05, 4.69) is 32.7 Å². The monoisotopic (exact) mass is 470 g/mol. The molecule has 34 heavy (non-hydrogen) atoms. The van der Waals surface area contributed by atoms with E-state index < -0.39 is 10.0 Å². The van der Waals surface area contributed by atoms with Gasteiger partial charge in [-0.15, -0.1) is 0 Å². The molecule has 0 amide bonds. The number of fused-ring (bicyclic) bond motifs is 4. The van der Waals surface area contributed by atoms with Gasteiger partial charge in [0, 0.05) is 60.9 Å².